The summed E-state index contributed by atoms with van der Waals surface area (Å²) in [7, 11) is 0. The third-order valence-corrected chi connectivity index (χ3v) is 9.77. The lowest BCUT2D eigenvalue weighted by Gasteiger charge is -2.21. The molecule has 0 unspecified atom stereocenters. The molecule has 1 aliphatic heterocycles. The number of para-hydroxylation sites is 2. The van der Waals surface area contributed by atoms with E-state index in [0.29, 0.717) is 5.95 Å². The SMILES string of the molecule is c1ccc2c(c1)Oc1cccc3nc(-n4c5ccccc5c5c6ccc7c8ccccc8c8ccccc8c7c6ccc54)nc-2c13. The molecule has 0 atom stereocenters. The minimum atomic E-state index is 0.652. The van der Waals surface area contributed by atoms with Crippen LogP contribution in [-0.2, 0) is 0 Å². The van der Waals surface area contributed by atoms with E-state index in [1.54, 1.807) is 0 Å². The third-order valence-electron chi connectivity index (χ3n) is 9.77. The number of ether oxygens (including phenoxy) is 1. The van der Waals surface area contributed by atoms with Crippen molar-refractivity contribution in [3.8, 4) is 28.7 Å². The second kappa shape index (κ2) is 8.68. The van der Waals surface area contributed by atoms with Crippen LogP contribution in [0.2, 0.25) is 0 Å². The van der Waals surface area contributed by atoms with E-state index in [-0.39, 0.29) is 0 Å². The molecule has 0 saturated carbocycles. The van der Waals surface area contributed by atoms with Crippen LogP contribution in [-0.4, -0.2) is 14.5 Å². The maximum atomic E-state index is 6.27. The Kier molecular flexibility index (Phi) is 4.55. The van der Waals surface area contributed by atoms with Gasteiger partial charge >= 0.3 is 0 Å². The van der Waals surface area contributed by atoms with Crippen molar-refractivity contribution < 1.29 is 4.74 Å². The first kappa shape index (κ1) is 24.1. The lowest BCUT2D eigenvalue weighted by atomic mass is 9.90. The van der Waals surface area contributed by atoms with E-state index in [2.05, 4.69) is 114 Å². The lowest BCUT2D eigenvalue weighted by molar-refractivity contribution is 0.486. The molecule has 4 nitrogen and oxygen atoms in total. The average molecular weight is 586 g/mol. The Labute approximate surface area is 262 Å². The fourth-order valence-corrected chi connectivity index (χ4v) is 7.88. The summed E-state index contributed by atoms with van der Waals surface area (Å²) in [6, 6.07) is 49.5. The van der Waals surface area contributed by atoms with Crippen LogP contribution in [0, 0.1) is 0 Å². The maximum Gasteiger partial charge on any atom is 0.235 e. The summed E-state index contributed by atoms with van der Waals surface area (Å²) in [5, 5.41) is 13.5. The van der Waals surface area contributed by atoms with Crippen LogP contribution in [0.5, 0.6) is 11.5 Å². The molecule has 3 heterocycles. The van der Waals surface area contributed by atoms with Crippen LogP contribution in [0.15, 0.2) is 140 Å². The van der Waals surface area contributed by atoms with Gasteiger partial charge in [-0.2, -0.15) is 0 Å². The van der Waals surface area contributed by atoms with E-state index in [1.165, 1.54) is 53.9 Å². The quantitative estimate of drug-likeness (QED) is 0.180. The number of hydrogen-bond acceptors (Lipinski definition) is 3. The number of fused-ring (bicyclic) bond motifs is 14. The summed E-state index contributed by atoms with van der Waals surface area (Å²) >= 11 is 0. The molecule has 0 bridgehead atoms. The van der Waals surface area contributed by atoms with Crippen molar-refractivity contribution in [1.29, 1.82) is 0 Å². The van der Waals surface area contributed by atoms with Gasteiger partial charge in [0.1, 0.15) is 11.5 Å². The number of benzene rings is 8. The monoisotopic (exact) mass is 585 g/mol. The van der Waals surface area contributed by atoms with Gasteiger partial charge in [-0.1, -0.05) is 103 Å². The van der Waals surface area contributed by atoms with Gasteiger partial charge in [-0.05, 0) is 79.5 Å². The Hall–Kier alpha value is -6.26. The van der Waals surface area contributed by atoms with Crippen molar-refractivity contribution in [2.45, 2.75) is 0 Å². The van der Waals surface area contributed by atoms with Gasteiger partial charge in [-0.15, -0.1) is 0 Å². The van der Waals surface area contributed by atoms with Crippen molar-refractivity contribution in [2.24, 2.45) is 0 Å². The van der Waals surface area contributed by atoms with E-state index < -0.39 is 0 Å². The van der Waals surface area contributed by atoms with Gasteiger partial charge in [0.25, 0.3) is 0 Å². The molecule has 212 valence electrons. The van der Waals surface area contributed by atoms with Gasteiger partial charge in [0.05, 0.1) is 27.6 Å². The molecule has 0 spiro atoms. The summed E-state index contributed by atoms with van der Waals surface area (Å²) in [6.45, 7) is 0. The van der Waals surface area contributed by atoms with Crippen molar-refractivity contribution >= 4 is 75.8 Å². The number of rotatable bonds is 1. The molecule has 10 aromatic rings. The van der Waals surface area contributed by atoms with Crippen LogP contribution < -0.4 is 4.74 Å². The lowest BCUT2D eigenvalue weighted by Crippen LogP contribution is -2.06. The predicted molar refractivity (Wildman–Crippen MR) is 189 cm³/mol. The molecule has 0 N–H and O–H groups in total. The zero-order valence-corrected chi connectivity index (χ0v) is 24.5. The van der Waals surface area contributed by atoms with Gasteiger partial charge < -0.3 is 4.74 Å². The van der Waals surface area contributed by atoms with Crippen molar-refractivity contribution in [2.75, 3.05) is 0 Å². The van der Waals surface area contributed by atoms with Crippen LogP contribution in [0.25, 0.3) is 93.0 Å². The zero-order chi connectivity index (χ0) is 29.9. The Morgan fingerprint density at radius 1 is 0.391 bits per heavy atom. The highest BCUT2D eigenvalue weighted by atomic mass is 16.5. The van der Waals surface area contributed by atoms with Gasteiger partial charge in [0.15, 0.2) is 0 Å². The van der Waals surface area contributed by atoms with Crippen LogP contribution in [0.1, 0.15) is 0 Å². The molecule has 46 heavy (non-hydrogen) atoms. The van der Waals surface area contributed by atoms with Crippen LogP contribution in [0.3, 0.4) is 0 Å². The molecule has 0 saturated heterocycles. The summed E-state index contributed by atoms with van der Waals surface area (Å²) < 4.78 is 8.50. The average Bonchev–Trinajstić information content (AvgIpc) is 3.46. The predicted octanol–water partition coefficient (Wildman–Crippen LogP) is 11.1. The number of nitrogens with zero attached hydrogens (tertiary/aromatic N) is 3. The minimum Gasteiger partial charge on any atom is -0.456 e. The maximum absolute atomic E-state index is 6.27. The second-order valence-electron chi connectivity index (χ2n) is 12.1. The highest BCUT2D eigenvalue weighted by Crippen LogP contribution is 2.46. The largest absolute Gasteiger partial charge is 0.456 e. The highest BCUT2D eigenvalue weighted by Gasteiger charge is 2.25. The second-order valence-corrected chi connectivity index (χ2v) is 12.1. The Morgan fingerprint density at radius 3 is 1.80 bits per heavy atom. The topological polar surface area (TPSA) is 39.9 Å². The van der Waals surface area contributed by atoms with Gasteiger partial charge in [0.2, 0.25) is 5.95 Å². The molecule has 0 fully saturated rings. The smallest absolute Gasteiger partial charge is 0.235 e. The van der Waals surface area contributed by atoms with Crippen molar-refractivity contribution in [3.05, 3.63) is 140 Å². The van der Waals surface area contributed by atoms with E-state index in [1.807, 2.05) is 30.3 Å². The summed E-state index contributed by atoms with van der Waals surface area (Å²) in [5.74, 6) is 2.25. The number of hydrogen-bond donors (Lipinski definition) is 0. The molecule has 0 amide bonds. The fraction of sp³-hybridized carbons (Fsp3) is 0. The Bertz CT molecular complexity index is 2920. The first-order valence-corrected chi connectivity index (χ1v) is 15.6. The van der Waals surface area contributed by atoms with Crippen molar-refractivity contribution in [1.82, 2.24) is 14.5 Å². The minimum absolute atomic E-state index is 0.652. The van der Waals surface area contributed by atoms with E-state index in [9.17, 15) is 0 Å². The highest BCUT2D eigenvalue weighted by molar-refractivity contribution is 6.34. The zero-order valence-electron chi connectivity index (χ0n) is 24.5. The van der Waals surface area contributed by atoms with E-state index in [0.717, 1.165) is 44.7 Å². The van der Waals surface area contributed by atoms with Gasteiger partial charge in [-0.3, -0.25) is 4.57 Å². The van der Waals surface area contributed by atoms with Crippen molar-refractivity contribution in [3.63, 3.8) is 0 Å². The molecule has 0 radical (unpaired) electrons. The first-order chi connectivity index (χ1) is 22.8. The molecule has 4 heteroatoms. The molecular weight excluding hydrogens is 562 g/mol. The summed E-state index contributed by atoms with van der Waals surface area (Å²) in [5.41, 5.74) is 4.90. The normalized spacial score (nSPS) is 12.5. The third kappa shape index (κ3) is 3.03. The van der Waals surface area contributed by atoms with Crippen LogP contribution >= 0.6 is 0 Å². The number of aromatic nitrogens is 3. The molecule has 8 aromatic carbocycles. The molecule has 11 rings (SSSR count). The fourth-order valence-electron chi connectivity index (χ4n) is 7.88. The Balaban J connectivity index is 1.29. The first-order valence-electron chi connectivity index (χ1n) is 15.6. The van der Waals surface area contributed by atoms with E-state index in [4.69, 9.17) is 14.7 Å². The van der Waals surface area contributed by atoms with Gasteiger partial charge in [-0.25, -0.2) is 9.97 Å². The Morgan fingerprint density at radius 2 is 0.978 bits per heavy atom. The molecule has 0 aliphatic carbocycles. The van der Waals surface area contributed by atoms with Gasteiger partial charge in [0, 0.05) is 16.3 Å². The molecular formula is C42H23N3O. The summed E-state index contributed by atoms with van der Waals surface area (Å²) in [6.07, 6.45) is 0. The molecule has 1 aliphatic rings. The molecule has 2 aromatic heterocycles. The van der Waals surface area contributed by atoms with E-state index >= 15 is 0 Å². The summed E-state index contributed by atoms with van der Waals surface area (Å²) in [4.78, 5) is 10.5. The van der Waals surface area contributed by atoms with Crippen LogP contribution in [0.4, 0.5) is 0 Å². The standard InChI is InChI=1S/C42H23N3O/c1-2-12-26-24(10-1)25-11-3-4-13-27(25)38-28(26)20-21-30-29(38)22-23-35-39(30)31-14-5-7-17-34(31)45(35)42-43-33-16-9-19-37-40(33)41(44-42)32-15-6-8-18-36(32)46-37/h1-23H.